The van der Waals surface area contributed by atoms with Crippen LogP contribution in [-0.2, 0) is 71.6 Å². The molecule has 0 aromatic heterocycles. The van der Waals surface area contributed by atoms with Crippen LogP contribution in [-0.4, -0.2) is 191 Å². The van der Waals surface area contributed by atoms with Gasteiger partial charge in [-0.15, -0.1) is 0 Å². The molecule has 0 aliphatic rings. The molecule has 0 aromatic carbocycles. The average molecular weight is 810 g/mol. The van der Waals surface area contributed by atoms with Crippen molar-refractivity contribution in [2.45, 2.75) is 58.9 Å². The molecule has 23 nitrogen and oxygen atoms in total. The monoisotopic (exact) mass is 809 g/mol. The van der Waals surface area contributed by atoms with Crippen LogP contribution in [0.4, 0.5) is 0 Å². The summed E-state index contributed by atoms with van der Waals surface area (Å²) in [5.74, 6) is -11.1. The van der Waals surface area contributed by atoms with Crippen LogP contribution < -0.4 is 0 Å². The molecule has 0 bridgehead atoms. The van der Waals surface area contributed by atoms with Gasteiger partial charge in [-0.3, -0.25) is 62.6 Å². The van der Waals surface area contributed by atoms with Crippen molar-refractivity contribution in [3.05, 3.63) is 0 Å². The van der Waals surface area contributed by atoms with E-state index in [-0.39, 0.29) is 39.4 Å². The van der Waals surface area contributed by atoms with Gasteiger partial charge in [-0.05, 0) is 25.7 Å². The van der Waals surface area contributed by atoms with Crippen LogP contribution in [0.25, 0.3) is 0 Å². The Balaban J connectivity index is 5.39. The third kappa shape index (κ3) is 24.1. The Bertz CT molecular complexity index is 1250. The summed E-state index contributed by atoms with van der Waals surface area (Å²) >= 11 is 0. The van der Waals surface area contributed by atoms with Crippen molar-refractivity contribution in [3.63, 3.8) is 0 Å². The summed E-state index contributed by atoms with van der Waals surface area (Å²) in [6, 6.07) is -1.61. The number of carboxylic acids is 5. The van der Waals surface area contributed by atoms with Gasteiger partial charge in [0.15, 0.2) is 5.41 Å². The van der Waals surface area contributed by atoms with E-state index < -0.39 is 124 Å². The summed E-state index contributed by atoms with van der Waals surface area (Å²) in [4.78, 5) is 120. The van der Waals surface area contributed by atoms with Crippen molar-refractivity contribution in [1.29, 1.82) is 0 Å². The lowest BCUT2D eigenvalue weighted by atomic mass is 9.91. The maximum atomic E-state index is 13.0. The Kier molecular flexibility index (Phi) is 24.6. The molecule has 0 radical (unpaired) electrons. The molecular weight excluding hydrogens is 758 g/mol. The number of ether oxygens (including phenoxy) is 5. The van der Waals surface area contributed by atoms with E-state index in [1.54, 1.807) is 0 Å². The first-order valence-corrected chi connectivity index (χ1v) is 17.2. The highest BCUT2D eigenvalue weighted by atomic mass is 16.6. The van der Waals surface area contributed by atoms with E-state index >= 15 is 0 Å². The zero-order chi connectivity index (χ0) is 42.8. The Morgan fingerprint density at radius 1 is 0.500 bits per heavy atom. The predicted octanol–water partition coefficient (Wildman–Crippen LogP) is -1.60. The molecular formula is C33H51N3O20. The molecule has 0 saturated heterocycles. The smallest absolute Gasteiger partial charge is 0.322 e. The standard InChI is InChI=1S/C33H51N3O20/c1-22(37)54-19-33(20-55-23(2)38,21-56-24(3)39)32(51)53-13-7-5-4-6-12-52-30(48)14-25(31(49)50)36(10-8-34(15-26(40)41)16-27(42)43)11-9-35(17-28(44)45)18-29(46)47/h25H,4-21H2,1-3H3,(H,40,41)(H,42,43)(H,44,45)(H,46,47)(H,49,50). The maximum Gasteiger partial charge on any atom is 0.322 e. The topological polar surface area (TPSA) is 328 Å². The number of hydrogen-bond donors (Lipinski definition) is 5. The van der Waals surface area contributed by atoms with Crippen LogP contribution in [0.1, 0.15) is 52.9 Å². The summed E-state index contributed by atoms with van der Waals surface area (Å²) in [6.45, 7) is -2.87. The van der Waals surface area contributed by atoms with E-state index in [4.69, 9.17) is 44.1 Å². The van der Waals surface area contributed by atoms with Crippen molar-refractivity contribution < 1.29 is 97.2 Å². The summed E-state index contributed by atoms with van der Waals surface area (Å²) in [5, 5.41) is 46.6. The number of rotatable bonds is 32. The van der Waals surface area contributed by atoms with Gasteiger partial charge >= 0.3 is 59.7 Å². The minimum atomic E-state index is -1.83. The second kappa shape index (κ2) is 27.2. The fourth-order valence-corrected chi connectivity index (χ4v) is 4.83. The van der Waals surface area contributed by atoms with Crippen molar-refractivity contribution in [2.24, 2.45) is 5.41 Å². The second-order valence-electron chi connectivity index (χ2n) is 12.5. The summed E-state index contributed by atoms with van der Waals surface area (Å²) in [6.07, 6.45) is 0.784. The number of carboxylic acid groups (broad SMARTS) is 5. The molecule has 0 saturated carbocycles. The van der Waals surface area contributed by atoms with Gasteiger partial charge in [-0.1, -0.05) is 0 Å². The number of carbonyl (C=O) groups excluding carboxylic acids is 5. The van der Waals surface area contributed by atoms with E-state index in [1.165, 1.54) is 0 Å². The van der Waals surface area contributed by atoms with Crippen molar-refractivity contribution in [1.82, 2.24) is 14.7 Å². The van der Waals surface area contributed by atoms with E-state index in [2.05, 4.69) is 0 Å². The van der Waals surface area contributed by atoms with E-state index in [0.717, 1.165) is 35.5 Å². The Morgan fingerprint density at radius 3 is 1.18 bits per heavy atom. The molecule has 0 amide bonds. The van der Waals surface area contributed by atoms with Gasteiger partial charge in [0.1, 0.15) is 25.9 Å². The number of nitrogens with zero attached hydrogens (tertiary/aromatic N) is 3. The second-order valence-corrected chi connectivity index (χ2v) is 12.5. The maximum absolute atomic E-state index is 13.0. The summed E-state index contributed by atoms with van der Waals surface area (Å²) < 4.78 is 25.3. The lowest BCUT2D eigenvalue weighted by Crippen LogP contribution is -2.50. The number of aliphatic carboxylic acids is 5. The quantitative estimate of drug-likeness (QED) is 0.0290. The highest BCUT2D eigenvalue weighted by Gasteiger charge is 2.44. The van der Waals surface area contributed by atoms with Crippen molar-refractivity contribution in [3.8, 4) is 0 Å². The van der Waals surface area contributed by atoms with Gasteiger partial charge in [0.05, 0.1) is 45.8 Å². The third-order valence-corrected chi connectivity index (χ3v) is 7.55. The zero-order valence-corrected chi connectivity index (χ0v) is 31.5. The van der Waals surface area contributed by atoms with Gasteiger partial charge in [0, 0.05) is 47.0 Å². The van der Waals surface area contributed by atoms with Crippen LogP contribution in [0.15, 0.2) is 0 Å². The van der Waals surface area contributed by atoms with Crippen LogP contribution in [0.5, 0.6) is 0 Å². The number of carbonyl (C=O) groups is 10. The minimum absolute atomic E-state index is 0.135. The first-order valence-electron chi connectivity index (χ1n) is 17.2. The molecule has 23 heteroatoms. The lowest BCUT2D eigenvalue weighted by molar-refractivity contribution is -0.178. The van der Waals surface area contributed by atoms with E-state index in [1.807, 2.05) is 0 Å². The average Bonchev–Trinajstić information content (AvgIpc) is 3.06. The van der Waals surface area contributed by atoms with Crippen LogP contribution in [0.3, 0.4) is 0 Å². The molecule has 1 atom stereocenters. The van der Waals surface area contributed by atoms with Crippen LogP contribution in [0.2, 0.25) is 0 Å². The predicted molar refractivity (Wildman–Crippen MR) is 184 cm³/mol. The first kappa shape index (κ1) is 50.6. The Morgan fingerprint density at radius 2 is 0.857 bits per heavy atom. The highest BCUT2D eigenvalue weighted by Crippen LogP contribution is 2.23. The normalized spacial score (nSPS) is 11.8. The molecule has 0 fully saturated rings. The van der Waals surface area contributed by atoms with Crippen LogP contribution >= 0.6 is 0 Å². The fourth-order valence-electron chi connectivity index (χ4n) is 4.83. The lowest BCUT2D eigenvalue weighted by Gasteiger charge is -2.32. The van der Waals surface area contributed by atoms with Crippen LogP contribution in [0, 0.1) is 5.41 Å². The SMILES string of the molecule is CC(=O)OCC(COC(C)=O)(COC(C)=O)C(=O)OCCCCCCOC(=O)CC(C(=O)O)N(CCN(CC(=O)O)CC(=O)O)CCN(CC(=O)O)CC(=O)O. The first-order chi connectivity index (χ1) is 26.2. The number of hydrogen-bond acceptors (Lipinski definition) is 18. The fraction of sp³-hybridized carbons (Fsp3) is 0.697. The van der Waals surface area contributed by atoms with Gasteiger partial charge in [-0.25, -0.2) is 0 Å². The molecule has 1 unspecified atom stereocenters. The summed E-state index contributed by atoms with van der Waals surface area (Å²) in [7, 11) is 0. The molecule has 0 aromatic rings. The minimum Gasteiger partial charge on any atom is -0.480 e. The molecule has 56 heavy (non-hydrogen) atoms. The molecule has 318 valence electrons. The van der Waals surface area contributed by atoms with Crippen molar-refractivity contribution >= 4 is 59.7 Å². The van der Waals surface area contributed by atoms with Gasteiger partial charge < -0.3 is 49.2 Å². The molecule has 0 spiro atoms. The molecule has 0 aliphatic carbocycles. The summed E-state index contributed by atoms with van der Waals surface area (Å²) in [5.41, 5.74) is -1.83. The number of esters is 5. The highest BCUT2D eigenvalue weighted by molar-refractivity contribution is 5.81. The van der Waals surface area contributed by atoms with Gasteiger partial charge in [0.2, 0.25) is 0 Å². The van der Waals surface area contributed by atoms with Crippen molar-refractivity contribution in [2.75, 3.05) is 85.4 Å². The number of unbranched alkanes of at least 4 members (excludes halogenated alkanes) is 3. The zero-order valence-electron chi connectivity index (χ0n) is 31.5. The molecule has 0 heterocycles. The molecule has 5 N–H and O–H groups in total. The van der Waals surface area contributed by atoms with E-state index in [0.29, 0.717) is 25.7 Å². The largest absolute Gasteiger partial charge is 0.480 e. The van der Waals surface area contributed by atoms with Gasteiger partial charge in [-0.2, -0.15) is 0 Å². The Labute approximate surface area is 321 Å². The van der Waals surface area contributed by atoms with E-state index in [9.17, 15) is 53.1 Å². The molecule has 0 rings (SSSR count). The third-order valence-electron chi connectivity index (χ3n) is 7.55. The molecule has 0 aliphatic heterocycles. The Hall–Kier alpha value is -5.42. The van der Waals surface area contributed by atoms with Gasteiger partial charge in [0.25, 0.3) is 0 Å².